The summed E-state index contributed by atoms with van der Waals surface area (Å²) >= 11 is 1.72. The molecule has 1 aromatic heterocycles. The lowest BCUT2D eigenvalue weighted by Crippen LogP contribution is -2.05. The van der Waals surface area contributed by atoms with Gasteiger partial charge in [0.1, 0.15) is 12.4 Å². The van der Waals surface area contributed by atoms with Crippen molar-refractivity contribution in [2.75, 3.05) is 20.3 Å². The summed E-state index contributed by atoms with van der Waals surface area (Å²) < 4.78 is 11.1. The average molecular weight is 327 g/mol. The number of hydrogen-bond acceptors (Lipinski definition) is 4. The standard InChI is InChI=1S/C19H21NO2S/c1-14-7-8-16-15(12-14)18(22-10-9-21-2)13-17(20-16)19-6-4-3-5-11-23-19/h5-8,11-13H,3-4,9-10H2,1-2H3. The molecule has 0 amide bonds. The van der Waals surface area contributed by atoms with Crippen LogP contribution in [-0.2, 0) is 4.74 Å². The van der Waals surface area contributed by atoms with Gasteiger partial charge in [-0.2, -0.15) is 0 Å². The van der Waals surface area contributed by atoms with Gasteiger partial charge in [-0.1, -0.05) is 35.5 Å². The average Bonchev–Trinajstić information content (AvgIpc) is 2.84. The smallest absolute Gasteiger partial charge is 0.131 e. The van der Waals surface area contributed by atoms with Gasteiger partial charge in [-0.05, 0) is 37.3 Å². The molecule has 0 saturated heterocycles. The minimum atomic E-state index is 0.537. The predicted molar refractivity (Wildman–Crippen MR) is 97.8 cm³/mol. The van der Waals surface area contributed by atoms with Gasteiger partial charge in [0.05, 0.1) is 17.8 Å². The van der Waals surface area contributed by atoms with Gasteiger partial charge in [-0.15, -0.1) is 0 Å². The van der Waals surface area contributed by atoms with E-state index in [1.165, 1.54) is 10.5 Å². The molecule has 3 rings (SSSR count). The van der Waals surface area contributed by atoms with Crippen LogP contribution in [0.1, 0.15) is 24.1 Å². The van der Waals surface area contributed by atoms with E-state index in [0.29, 0.717) is 13.2 Å². The molecule has 0 unspecified atom stereocenters. The Morgan fingerprint density at radius 2 is 2.09 bits per heavy atom. The van der Waals surface area contributed by atoms with Gasteiger partial charge in [-0.3, -0.25) is 0 Å². The molecule has 1 aliphatic heterocycles. The number of nitrogens with zero attached hydrogens (tertiary/aromatic N) is 1. The summed E-state index contributed by atoms with van der Waals surface area (Å²) in [4.78, 5) is 6.03. The van der Waals surface area contributed by atoms with Gasteiger partial charge in [0.25, 0.3) is 0 Å². The van der Waals surface area contributed by atoms with Gasteiger partial charge >= 0.3 is 0 Å². The summed E-state index contributed by atoms with van der Waals surface area (Å²) in [5.74, 6) is 0.875. The first-order valence-electron chi connectivity index (χ1n) is 7.83. The Morgan fingerprint density at radius 1 is 1.17 bits per heavy atom. The summed E-state index contributed by atoms with van der Waals surface area (Å²) in [6.07, 6.45) is 6.59. The molecule has 1 aromatic carbocycles. The molecule has 120 valence electrons. The van der Waals surface area contributed by atoms with E-state index in [1.54, 1.807) is 18.9 Å². The fourth-order valence-corrected chi connectivity index (χ4v) is 3.32. The van der Waals surface area contributed by atoms with Crippen LogP contribution in [-0.4, -0.2) is 25.3 Å². The van der Waals surface area contributed by atoms with Crippen molar-refractivity contribution in [2.45, 2.75) is 19.8 Å². The van der Waals surface area contributed by atoms with Crippen LogP contribution in [0, 0.1) is 6.92 Å². The van der Waals surface area contributed by atoms with Crippen LogP contribution in [0.15, 0.2) is 41.8 Å². The molecule has 2 aromatic rings. The highest BCUT2D eigenvalue weighted by atomic mass is 32.2. The summed E-state index contributed by atoms with van der Waals surface area (Å²) in [5, 5.41) is 3.20. The Bertz CT molecular complexity index is 752. The van der Waals surface area contributed by atoms with Gasteiger partial charge < -0.3 is 9.47 Å². The number of rotatable bonds is 5. The fourth-order valence-electron chi connectivity index (χ4n) is 2.50. The van der Waals surface area contributed by atoms with Crippen molar-refractivity contribution >= 4 is 27.6 Å². The summed E-state index contributed by atoms with van der Waals surface area (Å²) in [7, 11) is 1.68. The molecule has 3 nitrogen and oxygen atoms in total. The maximum absolute atomic E-state index is 5.96. The SMILES string of the molecule is COCCOc1cc(C2=CCCC=CS2)nc2ccc(C)cc12. The van der Waals surface area contributed by atoms with Crippen molar-refractivity contribution in [3.63, 3.8) is 0 Å². The number of methoxy groups -OCH3 is 1. The molecule has 4 heteroatoms. The highest BCUT2D eigenvalue weighted by Gasteiger charge is 2.11. The second-order valence-corrected chi connectivity index (χ2v) is 6.45. The number of allylic oxidation sites excluding steroid dienone is 2. The monoisotopic (exact) mass is 327 g/mol. The van der Waals surface area contributed by atoms with Crippen LogP contribution >= 0.6 is 11.8 Å². The van der Waals surface area contributed by atoms with Crippen molar-refractivity contribution in [1.82, 2.24) is 4.98 Å². The summed E-state index contributed by atoms with van der Waals surface area (Å²) in [6, 6.07) is 8.33. The number of hydrogen-bond donors (Lipinski definition) is 0. The normalized spacial score (nSPS) is 14.6. The zero-order valence-corrected chi connectivity index (χ0v) is 14.4. The molecule has 0 fully saturated rings. The Labute approximate surface area is 141 Å². The number of fused-ring (bicyclic) bond motifs is 1. The van der Waals surface area contributed by atoms with Crippen LogP contribution < -0.4 is 4.74 Å². The largest absolute Gasteiger partial charge is 0.490 e. The maximum Gasteiger partial charge on any atom is 0.131 e. The molecule has 2 heterocycles. The number of thioether (sulfide) groups is 1. The van der Waals surface area contributed by atoms with Crippen molar-refractivity contribution in [1.29, 1.82) is 0 Å². The highest BCUT2D eigenvalue weighted by Crippen LogP contribution is 2.35. The Morgan fingerprint density at radius 3 is 2.96 bits per heavy atom. The predicted octanol–water partition coefficient (Wildman–Crippen LogP) is 4.95. The molecule has 0 N–H and O–H groups in total. The molecule has 0 spiro atoms. The number of benzene rings is 1. The molecular formula is C19H21NO2S. The topological polar surface area (TPSA) is 31.4 Å². The maximum atomic E-state index is 5.96. The molecule has 23 heavy (non-hydrogen) atoms. The third-order valence-corrected chi connectivity index (χ3v) is 4.64. The number of aromatic nitrogens is 1. The van der Waals surface area contributed by atoms with Gasteiger partial charge in [-0.25, -0.2) is 4.98 Å². The van der Waals surface area contributed by atoms with Gasteiger partial charge in [0.2, 0.25) is 0 Å². The second kappa shape index (κ2) is 7.66. The van der Waals surface area contributed by atoms with Crippen molar-refractivity contribution in [3.8, 4) is 5.75 Å². The van der Waals surface area contributed by atoms with Crippen LogP contribution in [0.25, 0.3) is 15.8 Å². The third kappa shape index (κ3) is 3.95. The molecule has 0 bridgehead atoms. The van der Waals surface area contributed by atoms with Gasteiger partial charge in [0.15, 0.2) is 0 Å². The lowest BCUT2D eigenvalue weighted by atomic mass is 10.1. The third-order valence-electron chi connectivity index (χ3n) is 3.68. The molecular weight excluding hydrogens is 306 g/mol. The first-order valence-corrected chi connectivity index (χ1v) is 8.71. The lowest BCUT2D eigenvalue weighted by molar-refractivity contribution is 0.147. The summed E-state index contributed by atoms with van der Waals surface area (Å²) in [6.45, 7) is 3.20. The number of aryl methyl sites for hydroxylation is 1. The first-order chi connectivity index (χ1) is 11.3. The van der Waals surface area contributed by atoms with Crippen molar-refractivity contribution < 1.29 is 9.47 Å². The van der Waals surface area contributed by atoms with Crippen LogP contribution in [0.4, 0.5) is 0 Å². The lowest BCUT2D eigenvalue weighted by Gasteiger charge is -2.12. The highest BCUT2D eigenvalue weighted by molar-refractivity contribution is 8.10. The fraction of sp³-hybridized carbons (Fsp3) is 0.316. The molecule has 0 saturated carbocycles. The zero-order valence-electron chi connectivity index (χ0n) is 13.5. The van der Waals surface area contributed by atoms with Crippen molar-refractivity contribution in [3.05, 3.63) is 53.1 Å². The Balaban J connectivity index is 2.03. The van der Waals surface area contributed by atoms with Gasteiger partial charge in [0, 0.05) is 23.5 Å². The van der Waals surface area contributed by atoms with Crippen LogP contribution in [0.2, 0.25) is 0 Å². The molecule has 0 atom stereocenters. The minimum Gasteiger partial charge on any atom is -0.490 e. The van der Waals surface area contributed by atoms with E-state index in [4.69, 9.17) is 14.5 Å². The summed E-state index contributed by atoms with van der Waals surface area (Å²) in [5.41, 5.74) is 3.15. The van der Waals surface area contributed by atoms with E-state index in [0.717, 1.165) is 35.2 Å². The van der Waals surface area contributed by atoms with E-state index in [9.17, 15) is 0 Å². The van der Waals surface area contributed by atoms with E-state index < -0.39 is 0 Å². The van der Waals surface area contributed by atoms with E-state index in [2.05, 4.69) is 48.7 Å². The minimum absolute atomic E-state index is 0.537. The Hall–Kier alpha value is -1.78. The van der Waals surface area contributed by atoms with E-state index in [-0.39, 0.29) is 0 Å². The zero-order chi connectivity index (χ0) is 16.1. The molecule has 1 aliphatic rings. The van der Waals surface area contributed by atoms with Crippen molar-refractivity contribution in [2.24, 2.45) is 0 Å². The van der Waals surface area contributed by atoms with Crippen LogP contribution in [0.5, 0.6) is 5.75 Å². The van der Waals surface area contributed by atoms with Crippen LogP contribution in [0.3, 0.4) is 0 Å². The number of pyridine rings is 1. The number of ether oxygens (including phenoxy) is 2. The van der Waals surface area contributed by atoms with E-state index in [1.807, 2.05) is 0 Å². The quantitative estimate of drug-likeness (QED) is 0.727. The molecule has 0 aliphatic carbocycles. The Kier molecular flexibility index (Phi) is 5.36. The second-order valence-electron chi connectivity index (χ2n) is 5.50. The van der Waals surface area contributed by atoms with E-state index >= 15 is 0 Å². The molecule has 0 radical (unpaired) electrons. The first kappa shape index (κ1) is 16.1.